The van der Waals surface area contributed by atoms with Gasteiger partial charge in [-0.25, -0.2) is 0 Å². The standard InChI is InChI=1S/C12H11N5O/c18-12-5-10(6-13-12)16-9-2-1-3-11(4-9)17-7-14-15-8-17/h1-5,7-8,16H,6H2,(H,13,18). The van der Waals surface area contributed by atoms with Crippen LogP contribution in [0.2, 0.25) is 0 Å². The molecule has 0 fully saturated rings. The summed E-state index contributed by atoms with van der Waals surface area (Å²) in [4.78, 5) is 11.0. The summed E-state index contributed by atoms with van der Waals surface area (Å²) in [6.45, 7) is 0.537. The molecule has 2 aromatic rings. The molecular formula is C12H11N5O. The maximum Gasteiger partial charge on any atom is 0.246 e. The van der Waals surface area contributed by atoms with Gasteiger partial charge in [0, 0.05) is 17.5 Å². The second kappa shape index (κ2) is 4.33. The highest BCUT2D eigenvalue weighted by Gasteiger charge is 2.10. The zero-order valence-electron chi connectivity index (χ0n) is 9.50. The number of hydrogen-bond acceptors (Lipinski definition) is 4. The summed E-state index contributed by atoms with van der Waals surface area (Å²) in [6, 6.07) is 7.80. The van der Waals surface area contributed by atoms with Crippen molar-refractivity contribution >= 4 is 11.6 Å². The molecule has 2 N–H and O–H groups in total. The van der Waals surface area contributed by atoms with Crippen LogP contribution in [0.3, 0.4) is 0 Å². The maximum atomic E-state index is 11.0. The van der Waals surface area contributed by atoms with E-state index in [1.54, 1.807) is 18.7 Å². The summed E-state index contributed by atoms with van der Waals surface area (Å²) in [5, 5.41) is 13.4. The molecule has 6 heteroatoms. The fourth-order valence-electron chi connectivity index (χ4n) is 1.79. The molecule has 0 unspecified atom stereocenters. The largest absolute Gasteiger partial charge is 0.357 e. The number of nitrogens with zero attached hydrogens (tertiary/aromatic N) is 3. The van der Waals surface area contributed by atoms with Crippen molar-refractivity contribution in [3.05, 3.63) is 48.7 Å². The first kappa shape index (κ1) is 10.5. The van der Waals surface area contributed by atoms with E-state index in [0.717, 1.165) is 17.1 Å². The molecule has 1 aromatic carbocycles. The third-order valence-electron chi connectivity index (χ3n) is 2.63. The highest BCUT2D eigenvalue weighted by atomic mass is 16.1. The van der Waals surface area contributed by atoms with Crippen molar-refractivity contribution in [2.45, 2.75) is 0 Å². The molecule has 90 valence electrons. The molecule has 1 aliphatic heterocycles. The molecule has 1 amide bonds. The minimum atomic E-state index is -0.0625. The van der Waals surface area contributed by atoms with Gasteiger partial charge in [-0.2, -0.15) is 0 Å². The van der Waals surface area contributed by atoms with Crippen LogP contribution in [-0.2, 0) is 4.79 Å². The number of hydrogen-bond donors (Lipinski definition) is 2. The highest BCUT2D eigenvalue weighted by molar-refractivity contribution is 5.91. The molecule has 0 saturated carbocycles. The second-order valence-electron chi connectivity index (χ2n) is 3.93. The van der Waals surface area contributed by atoms with Crippen LogP contribution in [-0.4, -0.2) is 27.2 Å². The lowest BCUT2D eigenvalue weighted by Crippen LogP contribution is -2.16. The van der Waals surface area contributed by atoms with Gasteiger partial charge in [-0.15, -0.1) is 10.2 Å². The minimum absolute atomic E-state index is 0.0625. The monoisotopic (exact) mass is 241 g/mol. The normalized spacial score (nSPS) is 14.2. The molecule has 2 heterocycles. The molecule has 18 heavy (non-hydrogen) atoms. The Bertz CT molecular complexity index is 603. The molecule has 0 radical (unpaired) electrons. The third-order valence-corrected chi connectivity index (χ3v) is 2.63. The Morgan fingerprint density at radius 3 is 2.83 bits per heavy atom. The molecule has 1 aromatic heterocycles. The van der Waals surface area contributed by atoms with E-state index >= 15 is 0 Å². The van der Waals surface area contributed by atoms with Crippen molar-refractivity contribution in [1.29, 1.82) is 0 Å². The highest BCUT2D eigenvalue weighted by Crippen LogP contribution is 2.16. The summed E-state index contributed by atoms with van der Waals surface area (Å²) < 4.78 is 1.82. The molecule has 0 spiro atoms. The Kier molecular flexibility index (Phi) is 2.53. The van der Waals surface area contributed by atoms with E-state index in [4.69, 9.17) is 0 Å². The molecule has 1 aliphatic rings. The van der Waals surface area contributed by atoms with Crippen LogP contribution in [0.1, 0.15) is 0 Å². The lowest BCUT2D eigenvalue weighted by Gasteiger charge is -2.08. The lowest BCUT2D eigenvalue weighted by atomic mass is 10.2. The third kappa shape index (κ3) is 2.08. The summed E-state index contributed by atoms with van der Waals surface area (Å²) in [6.07, 6.45) is 4.84. The van der Waals surface area contributed by atoms with Crippen LogP contribution in [0, 0.1) is 0 Å². The van der Waals surface area contributed by atoms with Gasteiger partial charge in [0.2, 0.25) is 5.91 Å². The van der Waals surface area contributed by atoms with Gasteiger partial charge in [0.25, 0.3) is 0 Å². The van der Waals surface area contributed by atoms with E-state index in [1.807, 2.05) is 28.8 Å². The van der Waals surface area contributed by atoms with Crippen LogP contribution in [0.5, 0.6) is 0 Å². The number of benzene rings is 1. The van der Waals surface area contributed by atoms with Crippen molar-refractivity contribution in [3.8, 4) is 5.69 Å². The second-order valence-corrected chi connectivity index (χ2v) is 3.93. The number of carbonyl (C=O) groups is 1. The summed E-state index contributed by atoms with van der Waals surface area (Å²) in [7, 11) is 0. The fourth-order valence-corrected chi connectivity index (χ4v) is 1.79. The van der Waals surface area contributed by atoms with Gasteiger partial charge in [0.15, 0.2) is 0 Å². The first-order valence-corrected chi connectivity index (χ1v) is 5.52. The van der Waals surface area contributed by atoms with E-state index in [9.17, 15) is 4.79 Å². The van der Waals surface area contributed by atoms with Crippen molar-refractivity contribution in [2.24, 2.45) is 0 Å². The predicted molar refractivity (Wildman–Crippen MR) is 66.1 cm³/mol. The average molecular weight is 241 g/mol. The van der Waals surface area contributed by atoms with Crippen LogP contribution in [0.4, 0.5) is 5.69 Å². The minimum Gasteiger partial charge on any atom is -0.357 e. The van der Waals surface area contributed by atoms with Crippen LogP contribution < -0.4 is 10.6 Å². The van der Waals surface area contributed by atoms with E-state index in [2.05, 4.69) is 20.8 Å². The fraction of sp³-hybridized carbons (Fsp3) is 0.0833. The number of rotatable bonds is 3. The summed E-state index contributed by atoms with van der Waals surface area (Å²) in [5.74, 6) is -0.0625. The van der Waals surface area contributed by atoms with Gasteiger partial charge in [0.05, 0.1) is 12.2 Å². The van der Waals surface area contributed by atoms with Crippen molar-refractivity contribution in [2.75, 3.05) is 11.9 Å². The average Bonchev–Trinajstić information content (AvgIpc) is 3.01. The van der Waals surface area contributed by atoms with Gasteiger partial charge in [-0.1, -0.05) is 6.07 Å². The number of aromatic nitrogens is 3. The van der Waals surface area contributed by atoms with Crippen LogP contribution in [0.15, 0.2) is 48.7 Å². The smallest absolute Gasteiger partial charge is 0.246 e. The first-order chi connectivity index (χ1) is 8.81. The van der Waals surface area contributed by atoms with Gasteiger partial charge in [-0.3, -0.25) is 9.36 Å². The number of nitrogens with one attached hydrogen (secondary N) is 2. The summed E-state index contributed by atoms with van der Waals surface area (Å²) >= 11 is 0. The van der Waals surface area contributed by atoms with Crippen LogP contribution >= 0.6 is 0 Å². The zero-order valence-corrected chi connectivity index (χ0v) is 9.50. The summed E-state index contributed by atoms with van der Waals surface area (Å²) in [5.41, 5.74) is 2.74. The maximum absolute atomic E-state index is 11.0. The Labute approximate surface area is 103 Å². The predicted octanol–water partition coefficient (Wildman–Crippen LogP) is 0.693. The number of amides is 1. The molecule has 3 rings (SSSR count). The topological polar surface area (TPSA) is 71.8 Å². The van der Waals surface area contributed by atoms with Crippen molar-refractivity contribution in [1.82, 2.24) is 20.1 Å². The van der Waals surface area contributed by atoms with E-state index in [1.165, 1.54) is 0 Å². The first-order valence-electron chi connectivity index (χ1n) is 5.52. The Hall–Kier alpha value is -2.63. The number of anilines is 1. The van der Waals surface area contributed by atoms with E-state index < -0.39 is 0 Å². The molecule has 0 saturated heterocycles. The quantitative estimate of drug-likeness (QED) is 0.829. The van der Waals surface area contributed by atoms with Crippen molar-refractivity contribution in [3.63, 3.8) is 0 Å². The van der Waals surface area contributed by atoms with Gasteiger partial charge in [-0.05, 0) is 18.2 Å². The Morgan fingerprint density at radius 2 is 2.11 bits per heavy atom. The van der Waals surface area contributed by atoms with Gasteiger partial charge < -0.3 is 10.6 Å². The molecular weight excluding hydrogens is 230 g/mol. The van der Waals surface area contributed by atoms with Gasteiger partial charge in [0.1, 0.15) is 12.7 Å². The molecule has 0 atom stereocenters. The van der Waals surface area contributed by atoms with Crippen molar-refractivity contribution < 1.29 is 4.79 Å². The molecule has 0 aliphatic carbocycles. The van der Waals surface area contributed by atoms with Crippen LogP contribution in [0.25, 0.3) is 5.69 Å². The molecule has 6 nitrogen and oxygen atoms in total. The molecule has 0 bridgehead atoms. The Morgan fingerprint density at radius 1 is 1.28 bits per heavy atom. The zero-order chi connectivity index (χ0) is 12.4. The number of carbonyl (C=O) groups excluding carboxylic acids is 1. The Balaban J connectivity index is 1.83. The van der Waals surface area contributed by atoms with Gasteiger partial charge >= 0.3 is 0 Å². The lowest BCUT2D eigenvalue weighted by molar-refractivity contribution is -0.115. The SMILES string of the molecule is O=C1C=C(Nc2cccc(-n3cnnc3)c2)CN1. The van der Waals surface area contributed by atoms with E-state index in [0.29, 0.717) is 6.54 Å². The van der Waals surface area contributed by atoms with E-state index in [-0.39, 0.29) is 5.91 Å².